The highest BCUT2D eigenvalue weighted by molar-refractivity contribution is 5.88. The molecule has 2 rings (SSSR count). The lowest BCUT2D eigenvalue weighted by molar-refractivity contribution is -0.143. The number of carbonyl (C=O) groups excluding carboxylic acids is 2. The molecule has 0 aliphatic rings. The van der Waals surface area contributed by atoms with E-state index in [0.29, 0.717) is 36.1 Å². The van der Waals surface area contributed by atoms with Crippen LogP contribution >= 0.6 is 0 Å². The van der Waals surface area contributed by atoms with Gasteiger partial charge in [0.15, 0.2) is 18.1 Å². The molecule has 0 heterocycles. The second-order valence-corrected chi connectivity index (χ2v) is 7.88. The average Bonchev–Trinajstić information content (AvgIpc) is 2.81. The number of ether oxygens (including phenoxy) is 3. The van der Waals surface area contributed by atoms with Gasteiger partial charge in [-0.05, 0) is 42.2 Å². The quantitative estimate of drug-likeness (QED) is 0.543. The van der Waals surface area contributed by atoms with E-state index in [2.05, 4.69) is 5.32 Å². The molecule has 0 aliphatic carbocycles. The first-order chi connectivity index (χ1) is 15.4. The maximum Gasteiger partial charge on any atom is 0.261 e. The van der Waals surface area contributed by atoms with Crippen molar-refractivity contribution in [2.75, 3.05) is 27.4 Å². The first-order valence-corrected chi connectivity index (χ1v) is 10.9. The molecule has 1 N–H and O–H groups in total. The fraction of sp³-hybridized carbons (Fsp3) is 0.440. The van der Waals surface area contributed by atoms with Gasteiger partial charge in [-0.25, -0.2) is 0 Å². The number of nitrogens with zero attached hydrogens (tertiary/aromatic N) is 1. The number of nitrogens with one attached hydrogen (secondary N) is 1. The van der Waals surface area contributed by atoms with Crippen LogP contribution in [0.1, 0.15) is 32.8 Å². The zero-order chi connectivity index (χ0) is 23.5. The molecule has 0 bridgehead atoms. The van der Waals surface area contributed by atoms with E-state index in [9.17, 15) is 9.59 Å². The normalized spacial score (nSPS) is 11.6. The van der Waals surface area contributed by atoms with Crippen molar-refractivity contribution >= 4 is 11.8 Å². The third-order valence-corrected chi connectivity index (χ3v) is 4.98. The van der Waals surface area contributed by atoms with Crippen LogP contribution in [0.5, 0.6) is 17.2 Å². The van der Waals surface area contributed by atoms with Crippen LogP contribution in [0.2, 0.25) is 0 Å². The summed E-state index contributed by atoms with van der Waals surface area (Å²) in [4.78, 5) is 27.8. The molecule has 0 unspecified atom stereocenters. The molecule has 0 saturated carbocycles. The Morgan fingerprint density at radius 1 is 1.00 bits per heavy atom. The van der Waals surface area contributed by atoms with Gasteiger partial charge in [0.05, 0.1) is 14.2 Å². The van der Waals surface area contributed by atoms with Crippen molar-refractivity contribution < 1.29 is 23.8 Å². The molecule has 2 amide bonds. The summed E-state index contributed by atoms with van der Waals surface area (Å²) in [6.07, 6.45) is 0.480. The summed E-state index contributed by atoms with van der Waals surface area (Å²) in [5.41, 5.74) is 0.866. The van der Waals surface area contributed by atoms with Crippen molar-refractivity contribution in [1.29, 1.82) is 0 Å². The van der Waals surface area contributed by atoms with Gasteiger partial charge in [0, 0.05) is 13.1 Å². The van der Waals surface area contributed by atoms with Crippen LogP contribution in [0.3, 0.4) is 0 Å². The van der Waals surface area contributed by atoms with Gasteiger partial charge in [-0.2, -0.15) is 0 Å². The molecule has 0 aliphatic heterocycles. The monoisotopic (exact) mass is 442 g/mol. The van der Waals surface area contributed by atoms with Gasteiger partial charge in [0.25, 0.3) is 5.91 Å². The molecule has 7 nitrogen and oxygen atoms in total. The molecular formula is C25H34N2O5. The Bertz CT molecular complexity index is 884. The van der Waals surface area contributed by atoms with Crippen molar-refractivity contribution in [3.05, 3.63) is 54.1 Å². The summed E-state index contributed by atoms with van der Waals surface area (Å²) in [5.74, 6) is 1.56. The highest BCUT2D eigenvalue weighted by Gasteiger charge is 2.29. The molecule has 0 aromatic heterocycles. The second-order valence-electron chi connectivity index (χ2n) is 7.88. The third kappa shape index (κ3) is 7.18. The summed E-state index contributed by atoms with van der Waals surface area (Å²) in [6, 6.07) is 14.0. The lowest BCUT2D eigenvalue weighted by Gasteiger charge is -2.31. The third-order valence-electron chi connectivity index (χ3n) is 4.98. The summed E-state index contributed by atoms with van der Waals surface area (Å²) in [7, 11) is 3.14. The predicted molar refractivity (Wildman–Crippen MR) is 124 cm³/mol. The topological polar surface area (TPSA) is 77.1 Å². The largest absolute Gasteiger partial charge is 0.497 e. The summed E-state index contributed by atoms with van der Waals surface area (Å²) in [5, 5.41) is 2.95. The highest BCUT2D eigenvalue weighted by atomic mass is 16.5. The van der Waals surface area contributed by atoms with Crippen LogP contribution in [-0.4, -0.2) is 50.1 Å². The van der Waals surface area contributed by atoms with E-state index in [1.165, 1.54) is 0 Å². The van der Waals surface area contributed by atoms with E-state index in [-0.39, 0.29) is 25.0 Å². The van der Waals surface area contributed by atoms with E-state index in [4.69, 9.17) is 14.2 Å². The van der Waals surface area contributed by atoms with Crippen LogP contribution in [0.25, 0.3) is 0 Å². The van der Waals surface area contributed by atoms with Crippen LogP contribution in [0.4, 0.5) is 0 Å². The summed E-state index contributed by atoms with van der Waals surface area (Å²) < 4.78 is 16.4. The Morgan fingerprint density at radius 2 is 1.72 bits per heavy atom. The lowest BCUT2D eigenvalue weighted by atomic mass is 10.1. The van der Waals surface area contributed by atoms with Gasteiger partial charge in [-0.3, -0.25) is 9.59 Å². The average molecular weight is 443 g/mol. The SMILES string of the molecule is CC[C@@H](C(=O)NCC(C)C)N(Cc1cccc(OC)c1)C(=O)COc1ccccc1OC. The highest BCUT2D eigenvalue weighted by Crippen LogP contribution is 2.26. The Kier molecular flexibility index (Phi) is 9.85. The summed E-state index contributed by atoms with van der Waals surface area (Å²) >= 11 is 0. The fourth-order valence-electron chi connectivity index (χ4n) is 3.27. The van der Waals surface area contributed by atoms with Crippen LogP contribution < -0.4 is 19.5 Å². The number of hydrogen-bond acceptors (Lipinski definition) is 5. The molecule has 0 fully saturated rings. The van der Waals surface area contributed by atoms with Gasteiger partial charge in [0.1, 0.15) is 11.8 Å². The number of carbonyl (C=O) groups is 2. The zero-order valence-electron chi connectivity index (χ0n) is 19.6. The molecule has 2 aromatic carbocycles. The number of amides is 2. The fourth-order valence-corrected chi connectivity index (χ4v) is 3.27. The van der Waals surface area contributed by atoms with Crippen LogP contribution in [-0.2, 0) is 16.1 Å². The standard InChI is InChI=1S/C25H34N2O5/c1-6-21(25(29)26-15-18(2)3)27(16-19-10-9-11-20(14-19)30-4)24(28)17-32-23-13-8-7-12-22(23)31-5/h7-14,18,21H,6,15-17H2,1-5H3,(H,26,29)/t21-/m0/s1. The van der Waals surface area contributed by atoms with Crippen molar-refractivity contribution in [3.63, 3.8) is 0 Å². The maximum absolute atomic E-state index is 13.3. The van der Waals surface area contributed by atoms with Gasteiger partial charge in [0.2, 0.25) is 5.91 Å². The molecule has 0 spiro atoms. The molecule has 0 radical (unpaired) electrons. The molecule has 0 saturated heterocycles. The molecule has 7 heteroatoms. The van der Waals surface area contributed by atoms with Crippen LogP contribution in [0.15, 0.2) is 48.5 Å². The van der Waals surface area contributed by atoms with E-state index in [1.54, 1.807) is 31.3 Å². The van der Waals surface area contributed by atoms with Crippen molar-refractivity contribution in [1.82, 2.24) is 10.2 Å². The number of benzene rings is 2. The number of hydrogen-bond donors (Lipinski definition) is 1. The van der Waals surface area contributed by atoms with E-state index in [1.807, 2.05) is 57.2 Å². The van der Waals surface area contributed by atoms with Crippen molar-refractivity contribution in [2.45, 2.75) is 39.8 Å². The Labute approximate surface area is 190 Å². The van der Waals surface area contributed by atoms with Crippen molar-refractivity contribution in [3.8, 4) is 17.2 Å². The number of rotatable bonds is 12. The molecule has 2 aromatic rings. The molecule has 32 heavy (non-hydrogen) atoms. The minimum absolute atomic E-state index is 0.172. The Hall–Kier alpha value is -3.22. The predicted octanol–water partition coefficient (Wildman–Crippen LogP) is 3.66. The molecular weight excluding hydrogens is 408 g/mol. The number of methoxy groups -OCH3 is 2. The second kappa shape index (κ2) is 12.6. The number of para-hydroxylation sites is 2. The molecule has 174 valence electrons. The molecule has 1 atom stereocenters. The van der Waals surface area contributed by atoms with E-state index < -0.39 is 6.04 Å². The minimum atomic E-state index is -0.617. The minimum Gasteiger partial charge on any atom is -0.497 e. The van der Waals surface area contributed by atoms with Crippen molar-refractivity contribution in [2.24, 2.45) is 5.92 Å². The summed E-state index contributed by atoms with van der Waals surface area (Å²) in [6.45, 7) is 6.56. The van der Waals surface area contributed by atoms with Gasteiger partial charge < -0.3 is 24.4 Å². The van der Waals surface area contributed by atoms with Gasteiger partial charge in [-0.15, -0.1) is 0 Å². The Balaban J connectivity index is 2.24. The van der Waals surface area contributed by atoms with Gasteiger partial charge in [-0.1, -0.05) is 45.0 Å². The first kappa shape index (κ1) is 25.0. The van der Waals surface area contributed by atoms with E-state index in [0.717, 1.165) is 5.56 Å². The van der Waals surface area contributed by atoms with E-state index >= 15 is 0 Å². The first-order valence-electron chi connectivity index (χ1n) is 10.9. The maximum atomic E-state index is 13.3. The zero-order valence-corrected chi connectivity index (χ0v) is 19.6. The smallest absolute Gasteiger partial charge is 0.261 e. The Morgan fingerprint density at radius 3 is 2.34 bits per heavy atom. The van der Waals surface area contributed by atoms with Gasteiger partial charge >= 0.3 is 0 Å². The lowest BCUT2D eigenvalue weighted by Crippen LogP contribution is -2.50. The van der Waals surface area contributed by atoms with Crippen LogP contribution in [0, 0.1) is 5.92 Å².